The van der Waals surface area contributed by atoms with Gasteiger partial charge < -0.3 is 5.73 Å². The minimum Gasteiger partial charge on any atom is -0.351 e. The lowest BCUT2D eigenvalue weighted by Crippen LogP contribution is -2.35. The predicted molar refractivity (Wildman–Crippen MR) is 98.1 cm³/mol. The number of nitro groups is 1. The first-order chi connectivity index (χ1) is 12.0. The Kier molecular flexibility index (Phi) is 4.62. The highest BCUT2D eigenvalue weighted by Gasteiger charge is 2.22. The van der Waals surface area contributed by atoms with Gasteiger partial charge in [-0.05, 0) is 18.6 Å². The molecule has 0 aliphatic heterocycles. The van der Waals surface area contributed by atoms with Crippen LogP contribution in [0.4, 0.5) is 15.6 Å². The van der Waals surface area contributed by atoms with Crippen molar-refractivity contribution in [3.05, 3.63) is 63.7 Å². The molecule has 0 bridgehead atoms. The number of carbonyl (C=O) groups is 1. The molecule has 8 heteroatoms. The third-order valence-electron chi connectivity index (χ3n) is 3.86. The Labute approximate surface area is 147 Å². The molecule has 0 fully saturated rings. The van der Waals surface area contributed by atoms with Crippen LogP contribution in [0.25, 0.3) is 10.2 Å². The van der Waals surface area contributed by atoms with Gasteiger partial charge in [-0.1, -0.05) is 41.7 Å². The van der Waals surface area contributed by atoms with Crippen molar-refractivity contribution in [2.24, 2.45) is 5.73 Å². The lowest BCUT2D eigenvalue weighted by molar-refractivity contribution is -0.385. The van der Waals surface area contributed by atoms with E-state index in [4.69, 9.17) is 5.73 Å². The van der Waals surface area contributed by atoms with E-state index in [1.807, 2.05) is 30.3 Å². The fourth-order valence-corrected chi connectivity index (χ4v) is 3.84. The fraction of sp³-hybridized carbons (Fsp3) is 0.176. The first kappa shape index (κ1) is 16.8. The lowest BCUT2D eigenvalue weighted by atomic mass is 10.0. The number of nitrogens with zero attached hydrogens (tertiary/aromatic N) is 3. The van der Waals surface area contributed by atoms with Crippen LogP contribution >= 0.6 is 11.3 Å². The number of carbonyl (C=O) groups excluding carboxylic acids is 1. The SMILES string of the molecule is CCN(C(N)=O)c1nc2ccc([N+](=O)[O-])c(Cc3ccccc3)c2s1. The Morgan fingerprint density at radius 2 is 2.00 bits per heavy atom. The second kappa shape index (κ2) is 6.86. The largest absolute Gasteiger partial charge is 0.351 e. The summed E-state index contributed by atoms with van der Waals surface area (Å²) in [5, 5.41) is 11.9. The van der Waals surface area contributed by atoms with Crippen molar-refractivity contribution in [2.75, 3.05) is 11.4 Å². The van der Waals surface area contributed by atoms with Crippen molar-refractivity contribution >= 4 is 38.4 Å². The van der Waals surface area contributed by atoms with Gasteiger partial charge in [0.25, 0.3) is 5.69 Å². The molecule has 3 rings (SSSR count). The average Bonchev–Trinajstić information content (AvgIpc) is 3.00. The first-order valence-electron chi connectivity index (χ1n) is 7.69. The van der Waals surface area contributed by atoms with Crippen molar-refractivity contribution < 1.29 is 9.72 Å². The molecule has 2 N–H and O–H groups in total. The van der Waals surface area contributed by atoms with Crippen LogP contribution in [0.3, 0.4) is 0 Å². The van der Waals surface area contributed by atoms with E-state index in [-0.39, 0.29) is 10.6 Å². The summed E-state index contributed by atoms with van der Waals surface area (Å²) in [5.74, 6) is 0. The summed E-state index contributed by atoms with van der Waals surface area (Å²) in [7, 11) is 0. The number of anilines is 1. The van der Waals surface area contributed by atoms with Crippen molar-refractivity contribution in [3.8, 4) is 0 Å². The predicted octanol–water partition coefficient (Wildman–Crippen LogP) is 3.70. The number of hydrogen-bond acceptors (Lipinski definition) is 5. The van der Waals surface area contributed by atoms with Crippen LogP contribution in [0, 0.1) is 10.1 Å². The fourth-order valence-electron chi connectivity index (χ4n) is 2.67. The van der Waals surface area contributed by atoms with Crippen molar-refractivity contribution in [3.63, 3.8) is 0 Å². The Balaban J connectivity index is 2.17. The Morgan fingerprint density at radius 3 is 2.60 bits per heavy atom. The van der Waals surface area contributed by atoms with Crippen LogP contribution in [0.1, 0.15) is 18.1 Å². The minimum absolute atomic E-state index is 0.0497. The van der Waals surface area contributed by atoms with Gasteiger partial charge in [0, 0.05) is 19.0 Å². The van der Waals surface area contributed by atoms with Crippen molar-refractivity contribution in [2.45, 2.75) is 13.3 Å². The zero-order chi connectivity index (χ0) is 18.0. The maximum Gasteiger partial charge on any atom is 0.321 e. The van der Waals surface area contributed by atoms with E-state index in [1.165, 1.54) is 22.3 Å². The second-order valence-corrected chi connectivity index (χ2v) is 6.39. The van der Waals surface area contributed by atoms with Gasteiger partial charge in [-0.15, -0.1) is 0 Å². The van der Waals surface area contributed by atoms with Gasteiger partial charge in [-0.2, -0.15) is 0 Å². The molecule has 1 heterocycles. The van der Waals surface area contributed by atoms with Gasteiger partial charge >= 0.3 is 6.03 Å². The second-order valence-electron chi connectivity index (χ2n) is 5.41. The number of fused-ring (bicyclic) bond motifs is 1. The summed E-state index contributed by atoms with van der Waals surface area (Å²) in [4.78, 5) is 28.4. The van der Waals surface area contributed by atoms with E-state index in [2.05, 4.69) is 4.98 Å². The topological polar surface area (TPSA) is 102 Å². The first-order valence-corrected chi connectivity index (χ1v) is 8.50. The number of thiazole rings is 1. The van der Waals surface area contributed by atoms with E-state index < -0.39 is 6.03 Å². The molecule has 2 amide bonds. The number of benzene rings is 2. The smallest absolute Gasteiger partial charge is 0.321 e. The molecule has 0 saturated carbocycles. The molecule has 0 atom stereocenters. The normalized spacial score (nSPS) is 10.8. The molecule has 0 aliphatic rings. The molecule has 0 aliphatic carbocycles. The summed E-state index contributed by atoms with van der Waals surface area (Å²) in [6.07, 6.45) is 0.415. The molecular weight excluding hydrogens is 340 g/mol. The third kappa shape index (κ3) is 3.29. The van der Waals surface area contributed by atoms with E-state index in [0.29, 0.717) is 33.9 Å². The van der Waals surface area contributed by atoms with Crippen LogP contribution < -0.4 is 10.6 Å². The maximum atomic E-state index is 11.6. The molecular formula is C17H16N4O3S. The van der Waals surface area contributed by atoms with Crippen LogP contribution in [0.5, 0.6) is 0 Å². The molecule has 0 radical (unpaired) electrons. The van der Waals surface area contributed by atoms with Crippen LogP contribution in [0.2, 0.25) is 0 Å². The minimum atomic E-state index is -0.597. The number of rotatable bonds is 5. The molecule has 0 unspecified atom stereocenters. The Bertz CT molecular complexity index is 940. The Morgan fingerprint density at radius 1 is 1.28 bits per heavy atom. The molecule has 3 aromatic rings. The van der Waals surface area contributed by atoms with E-state index >= 15 is 0 Å². The van der Waals surface area contributed by atoms with Gasteiger partial charge in [-0.3, -0.25) is 15.0 Å². The zero-order valence-electron chi connectivity index (χ0n) is 13.5. The molecule has 0 saturated heterocycles. The van der Waals surface area contributed by atoms with E-state index in [0.717, 1.165) is 5.56 Å². The number of nitro benzene ring substituents is 1. The summed E-state index contributed by atoms with van der Waals surface area (Å²) in [6, 6.07) is 12.0. The highest BCUT2D eigenvalue weighted by molar-refractivity contribution is 7.22. The molecule has 7 nitrogen and oxygen atoms in total. The molecule has 0 spiro atoms. The summed E-state index contributed by atoms with van der Waals surface area (Å²) < 4.78 is 0.702. The molecule has 1 aromatic heterocycles. The standard InChI is InChI=1S/C17H16N4O3S/c1-2-20(16(18)22)17-19-13-8-9-14(21(23)24)12(15(13)25-17)10-11-6-4-3-5-7-11/h3-9H,2,10H2,1H3,(H2,18,22). The van der Waals surface area contributed by atoms with Gasteiger partial charge in [-0.25, -0.2) is 9.78 Å². The van der Waals surface area contributed by atoms with E-state index in [1.54, 1.807) is 13.0 Å². The number of hydrogen-bond donors (Lipinski definition) is 1. The number of aromatic nitrogens is 1. The number of amides is 2. The van der Waals surface area contributed by atoms with Crippen molar-refractivity contribution in [1.82, 2.24) is 4.98 Å². The molecule has 25 heavy (non-hydrogen) atoms. The molecule has 128 valence electrons. The van der Waals surface area contributed by atoms with Crippen LogP contribution in [0.15, 0.2) is 42.5 Å². The summed E-state index contributed by atoms with van der Waals surface area (Å²) in [5.41, 5.74) is 7.62. The lowest BCUT2D eigenvalue weighted by Gasteiger charge is -2.13. The highest BCUT2D eigenvalue weighted by atomic mass is 32.1. The summed E-state index contributed by atoms with van der Waals surface area (Å²) in [6.45, 7) is 2.18. The molecule has 2 aromatic carbocycles. The highest BCUT2D eigenvalue weighted by Crippen LogP contribution is 2.37. The van der Waals surface area contributed by atoms with E-state index in [9.17, 15) is 14.9 Å². The third-order valence-corrected chi connectivity index (χ3v) is 5.01. The zero-order valence-corrected chi connectivity index (χ0v) is 14.3. The van der Waals surface area contributed by atoms with Gasteiger partial charge in [0.05, 0.1) is 20.7 Å². The van der Waals surface area contributed by atoms with Crippen LogP contribution in [-0.2, 0) is 6.42 Å². The maximum absolute atomic E-state index is 11.6. The monoisotopic (exact) mass is 356 g/mol. The quantitative estimate of drug-likeness (QED) is 0.556. The number of nitrogens with two attached hydrogens (primary N) is 1. The van der Waals surface area contributed by atoms with Gasteiger partial charge in [0.1, 0.15) is 0 Å². The number of urea groups is 1. The summed E-state index contributed by atoms with van der Waals surface area (Å²) >= 11 is 1.25. The van der Waals surface area contributed by atoms with Crippen LogP contribution in [-0.4, -0.2) is 22.5 Å². The van der Waals surface area contributed by atoms with Gasteiger partial charge in [0.15, 0.2) is 5.13 Å². The average molecular weight is 356 g/mol. The van der Waals surface area contributed by atoms with Crippen molar-refractivity contribution in [1.29, 1.82) is 0 Å². The Hall–Kier alpha value is -3.00. The number of primary amides is 1. The van der Waals surface area contributed by atoms with Gasteiger partial charge in [0.2, 0.25) is 0 Å².